The van der Waals surface area contributed by atoms with E-state index in [1.807, 2.05) is 6.92 Å². The zero-order valence-corrected chi connectivity index (χ0v) is 14.0. The number of halogens is 1. The molecule has 1 saturated heterocycles. The quantitative estimate of drug-likeness (QED) is 0.376. The summed E-state index contributed by atoms with van der Waals surface area (Å²) in [5, 5.41) is 0.657. The van der Waals surface area contributed by atoms with Crippen molar-refractivity contribution in [1.29, 1.82) is 0 Å². The van der Waals surface area contributed by atoms with E-state index in [1.54, 1.807) is 17.2 Å². The highest BCUT2D eigenvalue weighted by molar-refractivity contribution is 9.10. The monoisotopic (exact) mass is 378 g/mol. The van der Waals surface area contributed by atoms with Gasteiger partial charge in [-0.25, -0.2) is 4.98 Å². The maximum Gasteiger partial charge on any atom is 0.295 e. The Kier molecular flexibility index (Phi) is 4.16. The van der Waals surface area contributed by atoms with E-state index in [-0.39, 0.29) is 6.04 Å². The summed E-state index contributed by atoms with van der Waals surface area (Å²) in [5.74, 6) is -1.10. The van der Waals surface area contributed by atoms with Crippen molar-refractivity contribution < 1.29 is 14.4 Å². The first kappa shape index (κ1) is 15.7. The lowest BCUT2D eigenvalue weighted by Crippen LogP contribution is -2.55. The van der Waals surface area contributed by atoms with Gasteiger partial charge in [0.15, 0.2) is 0 Å². The molecule has 3 rings (SSSR count). The van der Waals surface area contributed by atoms with Crippen LogP contribution in [0.2, 0.25) is 0 Å². The number of carbonyl (C=O) groups is 3. The van der Waals surface area contributed by atoms with Gasteiger partial charge in [0.1, 0.15) is 4.60 Å². The summed E-state index contributed by atoms with van der Waals surface area (Å²) in [6.45, 7) is 3.07. The lowest BCUT2D eigenvalue weighted by Gasteiger charge is -2.37. The number of H-pyrrole nitrogens is 1. The molecule has 1 atom stereocenters. The summed E-state index contributed by atoms with van der Waals surface area (Å²) in [6.07, 6.45) is 3.88. The third kappa shape index (κ3) is 2.74. The number of aromatic nitrogens is 2. The van der Waals surface area contributed by atoms with Crippen molar-refractivity contribution in [1.82, 2.24) is 19.8 Å². The highest BCUT2D eigenvalue weighted by atomic mass is 79.9. The Balaban J connectivity index is 1.86. The number of hydrogen-bond acceptors (Lipinski definition) is 4. The van der Waals surface area contributed by atoms with Crippen LogP contribution >= 0.6 is 15.9 Å². The number of rotatable bonds is 3. The van der Waals surface area contributed by atoms with Crippen molar-refractivity contribution >= 4 is 44.9 Å². The van der Waals surface area contributed by atoms with E-state index in [9.17, 15) is 14.4 Å². The molecule has 120 valence electrons. The number of Topliss-reactive ketones (excluding diaryl/α,β-unsaturated/α-hetero) is 1. The molecule has 2 aromatic rings. The average molecular weight is 379 g/mol. The van der Waals surface area contributed by atoms with E-state index in [2.05, 4.69) is 25.9 Å². The minimum Gasteiger partial charge on any atom is -0.358 e. The maximum absolute atomic E-state index is 12.6. The van der Waals surface area contributed by atoms with Crippen LogP contribution in [0, 0.1) is 0 Å². The van der Waals surface area contributed by atoms with Crippen molar-refractivity contribution in [2.24, 2.45) is 0 Å². The highest BCUT2D eigenvalue weighted by Crippen LogP contribution is 2.24. The second-order valence-corrected chi connectivity index (χ2v) is 6.25. The van der Waals surface area contributed by atoms with E-state index < -0.39 is 11.7 Å². The van der Waals surface area contributed by atoms with Crippen LogP contribution in [0.1, 0.15) is 17.3 Å². The lowest BCUT2D eigenvalue weighted by molar-refractivity contribution is -0.134. The Labute approximate surface area is 140 Å². The zero-order valence-electron chi connectivity index (χ0n) is 12.5. The predicted molar refractivity (Wildman–Crippen MR) is 86.9 cm³/mol. The van der Waals surface area contributed by atoms with Gasteiger partial charge in [0.25, 0.3) is 11.7 Å². The number of piperazine rings is 1. The number of pyridine rings is 1. The molecule has 0 spiro atoms. The van der Waals surface area contributed by atoms with Crippen LogP contribution in [0.25, 0.3) is 10.9 Å². The van der Waals surface area contributed by atoms with E-state index in [1.165, 1.54) is 11.1 Å². The minimum absolute atomic E-state index is 0.191. The van der Waals surface area contributed by atoms with Gasteiger partial charge in [0.2, 0.25) is 6.41 Å². The topological polar surface area (TPSA) is 86.4 Å². The van der Waals surface area contributed by atoms with Crippen molar-refractivity contribution in [3.8, 4) is 0 Å². The summed E-state index contributed by atoms with van der Waals surface area (Å²) >= 11 is 3.31. The molecule has 1 aliphatic rings. The normalized spacial score (nSPS) is 18.3. The Morgan fingerprint density at radius 3 is 2.91 bits per heavy atom. The molecule has 8 heteroatoms. The van der Waals surface area contributed by atoms with Crippen LogP contribution in [0.3, 0.4) is 0 Å². The van der Waals surface area contributed by atoms with Crippen molar-refractivity contribution in [2.75, 3.05) is 19.6 Å². The number of hydrogen-bond donors (Lipinski definition) is 1. The molecule has 3 heterocycles. The molecule has 23 heavy (non-hydrogen) atoms. The maximum atomic E-state index is 12.6. The first-order valence-corrected chi connectivity index (χ1v) is 7.98. The summed E-state index contributed by atoms with van der Waals surface area (Å²) in [5.41, 5.74) is 1.01. The van der Waals surface area contributed by atoms with Gasteiger partial charge in [0, 0.05) is 43.5 Å². The number of fused-ring (bicyclic) bond motifs is 1. The molecule has 0 saturated carbocycles. The highest BCUT2D eigenvalue weighted by Gasteiger charge is 2.32. The van der Waals surface area contributed by atoms with Gasteiger partial charge in [-0.05, 0) is 28.9 Å². The Bertz CT molecular complexity index is 788. The van der Waals surface area contributed by atoms with Gasteiger partial charge in [-0.15, -0.1) is 0 Å². The average Bonchev–Trinajstić information content (AvgIpc) is 2.98. The molecular formula is C15H15BrN4O3. The van der Waals surface area contributed by atoms with Crippen molar-refractivity contribution in [3.05, 3.63) is 28.6 Å². The van der Waals surface area contributed by atoms with Crippen LogP contribution in [0.15, 0.2) is 23.1 Å². The number of aromatic amines is 1. The fourth-order valence-electron chi connectivity index (χ4n) is 2.84. The summed E-state index contributed by atoms with van der Waals surface area (Å²) in [7, 11) is 0. The van der Waals surface area contributed by atoms with E-state index in [0.717, 1.165) is 6.41 Å². The number of carbonyl (C=O) groups excluding carboxylic acids is 3. The van der Waals surface area contributed by atoms with E-state index in [0.29, 0.717) is 40.7 Å². The summed E-state index contributed by atoms with van der Waals surface area (Å²) in [6, 6.07) is 1.51. The Morgan fingerprint density at radius 2 is 2.22 bits per heavy atom. The smallest absolute Gasteiger partial charge is 0.295 e. The molecule has 2 aromatic heterocycles. The molecule has 1 fully saturated rings. The molecule has 1 N–H and O–H groups in total. The first-order chi connectivity index (χ1) is 11.0. The molecule has 2 amide bonds. The number of nitrogens with one attached hydrogen (secondary N) is 1. The molecule has 0 radical (unpaired) electrons. The van der Waals surface area contributed by atoms with Gasteiger partial charge in [-0.2, -0.15) is 0 Å². The third-order valence-corrected chi connectivity index (χ3v) is 4.66. The third-order valence-electron chi connectivity index (χ3n) is 4.06. The molecule has 1 aliphatic heterocycles. The number of amides is 2. The van der Waals surface area contributed by atoms with Gasteiger partial charge in [-0.1, -0.05) is 0 Å². The largest absolute Gasteiger partial charge is 0.358 e. The minimum atomic E-state index is -0.555. The van der Waals surface area contributed by atoms with Gasteiger partial charge >= 0.3 is 0 Å². The standard InChI is InChI=1S/C15H15BrN4O3/c1-9-7-19(8-21)4-5-20(9)15(23)13(22)11-6-18-12-10(11)2-3-17-14(12)16/h2-3,6,8-9,18H,4-5,7H2,1H3. The van der Waals surface area contributed by atoms with Crippen molar-refractivity contribution in [2.45, 2.75) is 13.0 Å². The number of ketones is 1. The van der Waals surface area contributed by atoms with Crippen LogP contribution in [-0.4, -0.2) is 63.5 Å². The zero-order chi connectivity index (χ0) is 16.6. The van der Waals surface area contributed by atoms with E-state index in [4.69, 9.17) is 0 Å². The van der Waals surface area contributed by atoms with Gasteiger partial charge in [-0.3, -0.25) is 14.4 Å². The summed E-state index contributed by atoms with van der Waals surface area (Å²) in [4.78, 5) is 46.2. The second kappa shape index (κ2) is 6.11. The molecule has 1 unspecified atom stereocenters. The SMILES string of the molecule is CC1CN(C=O)CCN1C(=O)C(=O)c1c[nH]c2c(Br)nccc12. The molecule has 0 aliphatic carbocycles. The molecule has 7 nitrogen and oxygen atoms in total. The van der Waals surface area contributed by atoms with Crippen molar-refractivity contribution in [3.63, 3.8) is 0 Å². The van der Waals surface area contributed by atoms with Gasteiger partial charge in [0.05, 0.1) is 11.1 Å². The summed E-state index contributed by atoms with van der Waals surface area (Å²) < 4.78 is 0.592. The van der Waals surface area contributed by atoms with Crippen LogP contribution in [0.5, 0.6) is 0 Å². The van der Waals surface area contributed by atoms with E-state index >= 15 is 0 Å². The lowest BCUT2D eigenvalue weighted by atomic mass is 10.1. The number of nitrogens with zero attached hydrogens (tertiary/aromatic N) is 3. The molecule has 0 bridgehead atoms. The van der Waals surface area contributed by atoms with Gasteiger partial charge < -0.3 is 14.8 Å². The first-order valence-electron chi connectivity index (χ1n) is 7.19. The second-order valence-electron chi connectivity index (χ2n) is 5.50. The molecular weight excluding hydrogens is 364 g/mol. The van der Waals surface area contributed by atoms with Crippen LogP contribution in [-0.2, 0) is 9.59 Å². The fourth-order valence-corrected chi connectivity index (χ4v) is 3.28. The Morgan fingerprint density at radius 1 is 1.43 bits per heavy atom. The predicted octanol–water partition coefficient (Wildman–Crippen LogP) is 1.20. The fraction of sp³-hybridized carbons (Fsp3) is 0.333. The molecule has 0 aromatic carbocycles. The van der Waals surface area contributed by atoms with Crippen LogP contribution < -0.4 is 0 Å². The Hall–Kier alpha value is -2.22. The van der Waals surface area contributed by atoms with Crippen LogP contribution in [0.4, 0.5) is 0 Å².